The number of likely N-dealkylation sites (N-methyl/N-ethyl adjacent to an activating group) is 2. The summed E-state index contributed by atoms with van der Waals surface area (Å²) in [6.45, 7) is 13.4. The van der Waals surface area contributed by atoms with Gasteiger partial charge in [0.05, 0.1) is 6.04 Å². The highest BCUT2D eigenvalue weighted by Crippen LogP contribution is 2.34. The van der Waals surface area contributed by atoms with Crippen molar-refractivity contribution in [1.82, 2.24) is 15.2 Å². The van der Waals surface area contributed by atoms with Crippen molar-refractivity contribution >= 4 is 0 Å². The molecule has 2 unspecified atom stereocenters. The molecule has 1 N–H and O–H groups in total. The number of hydrogen-bond acceptors (Lipinski definition) is 3. The van der Waals surface area contributed by atoms with Gasteiger partial charge < -0.3 is 5.32 Å². The second kappa shape index (κ2) is 7.01. The molecule has 3 heteroatoms. The molecular weight excluding hydrogens is 234 g/mol. The zero-order valence-electron chi connectivity index (χ0n) is 13.3. The molecule has 0 radical (unpaired) electrons. The van der Waals surface area contributed by atoms with Crippen molar-refractivity contribution < 1.29 is 0 Å². The second-order valence-corrected chi connectivity index (χ2v) is 5.34. The van der Waals surface area contributed by atoms with E-state index >= 15 is 0 Å². The smallest absolute Gasteiger partial charge is 0.0519 e. The summed E-state index contributed by atoms with van der Waals surface area (Å²) >= 11 is 0. The maximum Gasteiger partial charge on any atom is 0.0519 e. The molecule has 1 aromatic heterocycles. The van der Waals surface area contributed by atoms with Crippen LogP contribution in [-0.2, 0) is 0 Å². The predicted molar refractivity (Wildman–Crippen MR) is 82.4 cm³/mol. The van der Waals surface area contributed by atoms with Crippen molar-refractivity contribution in [3.05, 3.63) is 29.6 Å². The molecule has 0 saturated heterocycles. The molecule has 1 rings (SSSR count). The molecule has 0 saturated carbocycles. The minimum absolute atomic E-state index is 0.103. The van der Waals surface area contributed by atoms with Gasteiger partial charge in [-0.1, -0.05) is 20.8 Å². The number of aryl methyl sites for hydroxylation is 1. The van der Waals surface area contributed by atoms with Gasteiger partial charge in [-0.2, -0.15) is 0 Å². The summed E-state index contributed by atoms with van der Waals surface area (Å²) < 4.78 is 0. The Morgan fingerprint density at radius 1 is 1.32 bits per heavy atom. The van der Waals surface area contributed by atoms with E-state index in [0.717, 1.165) is 19.5 Å². The van der Waals surface area contributed by atoms with Gasteiger partial charge in [-0.05, 0) is 57.6 Å². The van der Waals surface area contributed by atoms with Crippen LogP contribution in [0, 0.1) is 6.92 Å². The van der Waals surface area contributed by atoms with Crippen molar-refractivity contribution in [3.8, 4) is 0 Å². The Bertz CT molecular complexity index is 387. The number of nitrogens with zero attached hydrogens (tertiary/aromatic N) is 2. The molecule has 0 bridgehead atoms. The molecule has 0 aliphatic heterocycles. The number of pyridine rings is 1. The fourth-order valence-electron chi connectivity index (χ4n) is 3.14. The van der Waals surface area contributed by atoms with Crippen LogP contribution >= 0.6 is 0 Å². The minimum Gasteiger partial charge on any atom is -0.311 e. The van der Waals surface area contributed by atoms with Crippen molar-refractivity contribution in [2.75, 3.05) is 20.1 Å². The first-order valence-corrected chi connectivity index (χ1v) is 7.37. The molecular formula is C16H29N3. The lowest BCUT2D eigenvalue weighted by Crippen LogP contribution is -2.53. The fourth-order valence-corrected chi connectivity index (χ4v) is 3.14. The zero-order chi connectivity index (χ0) is 14.5. The number of hydrogen-bond donors (Lipinski definition) is 1. The first kappa shape index (κ1) is 16.1. The van der Waals surface area contributed by atoms with Crippen LogP contribution in [0.15, 0.2) is 18.5 Å². The summed E-state index contributed by atoms with van der Waals surface area (Å²) in [5.41, 5.74) is 2.72. The summed E-state index contributed by atoms with van der Waals surface area (Å²) in [5.74, 6) is 0. The average molecular weight is 263 g/mol. The van der Waals surface area contributed by atoms with Gasteiger partial charge in [-0.15, -0.1) is 0 Å². The zero-order valence-corrected chi connectivity index (χ0v) is 13.3. The summed E-state index contributed by atoms with van der Waals surface area (Å²) in [4.78, 5) is 6.86. The van der Waals surface area contributed by atoms with Crippen LogP contribution in [0.5, 0.6) is 0 Å². The topological polar surface area (TPSA) is 28.2 Å². The molecule has 0 aliphatic carbocycles. The van der Waals surface area contributed by atoms with Crippen LogP contribution in [0.3, 0.4) is 0 Å². The van der Waals surface area contributed by atoms with Crippen LogP contribution in [0.4, 0.5) is 0 Å². The first-order valence-electron chi connectivity index (χ1n) is 7.37. The molecule has 19 heavy (non-hydrogen) atoms. The largest absolute Gasteiger partial charge is 0.311 e. The van der Waals surface area contributed by atoms with Crippen molar-refractivity contribution in [1.29, 1.82) is 0 Å². The molecule has 0 amide bonds. The van der Waals surface area contributed by atoms with E-state index in [-0.39, 0.29) is 5.54 Å². The summed E-state index contributed by atoms with van der Waals surface area (Å²) in [7, 11) is 2.05. The van der Waals surface area contributed by atoms with Gasteiger partial charge in [0, 0.05) is 17.9 Å². The monoisotopic (exact) mass is 263 g/mol. The van der Waals surface area contributed by atoms with Crippen LogP contribution in [0.25, 0.3) is 0 Å². The van der Waals surface area contributed by atoms with Crippen LogP contribution < -0.4 is 5.32 Å². The third-order valence-electron chi connectivity index (χ3n) is 4.50. The molecule has 2 atom stereocenters. The molecule has 3 nitrogen and oxygen atoms in total. The number of rotatable bonds is 7. The maximum atomic E-state index is 4.31. The highest BCUT2D eigenvalue weighted by molar-refractivity contribution is 5.28. The lowest BCUT2D eigenvalue weighted by atomic mass is 9.82. The predicted octanol–water partition coefficient (Wildman–Crippen LogP) is 3.16. The van der Waals surface area contributed by atoms with Crippen molar-refractivity contribution in [2.45, 2.75) is 52.6 Å². The maximum absolute atomic E-state index is 4.31. The average Bonchev–Trinajstić information content (AvgIpc) is 2.43. The third kappa shape index (κ3) is 3.15. The number of aromatic nitrogens is 1. The first-order chi connectivity index (χ1) is 9.04. The molecule has 0 aromatic carbocycles. The van der Waals surface area contributed by atoms with Gasteiger partial charge in [-0.25, -0.2) is 0 Å². The summed E-state index contributed by atoms with van der Waals surface area (Å²) in [5, 5.41) is 3.52. The Morgan fingerprint density at radius 3 is 2.37 bits per heavy atom. The van der Waals surface area contributed by atoms with Gasteiger partial charge >= 0.3 is 0 Å². The van der Waals surface area contributed by atoms with Crippen LogP contribution in [0.1, 0.15) is 51.3 Å². The Morgan fingerprint density at radius 2 is 1.95 bits per heavy atom. The lowest BCUT2D eigenvalue weighted by molar-refractivity contribution is 0.0725. The standard InChI is InChI=1S/C16H29N3/c1-7-16(5,19(8-2)9-3)15(17-6)14-12-18-11-10-13(14)4/h10-12,15,17H,7-9H2,1-6H3. The fraction of sp³-hybridized carbons (Fsp3) is 0.688. The van der Waals surface area contributed by atoms with Crippen molar-refractivity contribution in [2.24, 2.45) is 0 Å². The van der Waals surface area contributed by atoms with Crippen LogP contribution in [-0.4, -0.2) is 35.6 Å². The van der Waals surface area contributed by atoms with Gasteiger partial charge in [0.2, 0.25) is 0 Å². The lowest BCUT2D eigenvalue weighted by Gasteiger charge is -2.46. The van der Waals surface area contributed by atoms with E-state index < -0.39 is 0 Å². The highest BCUT2D eigenvalue weighted by atomic mass is 15.2. The Labute approximate surface area is 118 Å². The van der Waals surface area contributed by atoms with E-state index in [9.17, 15) is 0 Å². The molecule has 1 heterocycles. The quantitative estimate of drug-likeness (QED) is 0.819. The molecule has 0 aliphatic rings. The normalized spacial score (nSPS) is 16.4. The van der Waals surface area contributed by atoms with Gasteiger partial charge in [0.25, 0.3) is 0 Å². The Kier molecular flexibility index (Phi) is 5.95. The SMILES string of the molecule is CCN(CC)C(C)(CC)C(NC)c1cnccc1C. The van der Waals surface area contributed by atoms with Gasteiger partial charge in [0.15, 0.2) is 0 Å². The van der Waals surface area contributed by atoms with Crippen molar-refractivity contribution in [3.63, 3.8) is 0 Å². The third-order valence-corrected chi connectivity index (χ3v) is 4.50. The highest BCUT2D eigenvalue weighted by Gasteiger charge is 2.37. The Balaban J connectivity index is 3.22. The number of nitrogens with one attached hydrogen (secondary N) is 1. The van der Waals surface area contributed by atoms with Crippen LogP contribution in [0.2, 0.25) is 0 Å². The second-order valence-electron chi connectivity index (χ2n) is 5.34. The van der Waals surface area contributed by atoms with E-state index in [0.29, 0.717) is 6.04 Å². The van der Waals surface area contributed by atoms with Gasteiger partial charge in [0.1, 0.15) is 0 Å². The van der Waals surface area contributed by atoms with E-state index in [1.54, 1.807) is 0 Å². The van der Waals surface area contributed by atoms with E-state index in [1.807, 2.05) is 12.4 Å². The summed E-state index contributed by atoms with van der Waals surface area (Å²) in [6, 6.07) is 2.39. The molecule has 108 valence electrons. The van der Waals surface area contributed by atoms with Gasteiger partial charge in [-0.3, -0.25) is 9.88 Å². The molecule has 0 fully saturated rings. The minimum atomic E-state index is 0.103. The molecule has 1 aromatic rings. The van der Waals surface area contributed by atoms with E-state index in [1.165, 1.54) is 11.1 Å². The Hall–Kier alpha value is -0.930. The van der Waals surface area contributed by atoms with E-state index in [4.69, 9.17) is 0 Å². The van der Waals surface area contributed by atoms with E-state index in [2.05, 4.69) is 62.9 Å². The molecule has 0 spiro atoms. The summed E-state index contributed by atoms with van der Waals surface area (Å²) in [6.07, 6.45) is 4.98.